The first-order chi connectivity index (χ1) is 8.67. The van der Waals surface area contributed by atoms with Crippen LogP contribution < -0.4 is 4.74 Å². The molecule has 2 nitrogen and oxygen atoms in total. The summed E-state index contributed by atoms with van der Waals surface area (Å²) in [6, 6.07) is 4.52. The normalized spacial score (nSPS) is 11.6. The summed E-state index contributed by atoms with van der Waals surface area (Å²) in [7, 11) is 1.62. The van der Waals surface area contributed by atoms with E-state index in [4.69, 9.17) is 21.1 Å². The second-order valence-electron chi connectivity index (χ2n) is 3.79. The molecule has 0 N–H and O–H groups in total. The van der Waals surface area contributed by atoms with Crippen LogP contribution in [0.4, 0.5) is 4.39 Å². The van der Waals surface area contributed by atoms with E-state index in [1.807, 2.05) is 6.92 Å². The van der Waals surface area contributed by atoms with Gasteiger partial charge in [-0.1, -0.05) is 11.8 Å². The molecule has 1 atom stereocenters. The number of rotatable bonds is 5. The molecular formula is C14H16ClFO2. The van der Waals surface area contributed by atoms with Crippen LogP contribution in [0, 0.1) is 17.7 Å². The van der Waals surface area contributed by atoms with Gasteiger partial charge in [-0.2, -0.15) is 0 Å². The largest absolute Gasteiger partial charge is 0.488 e. The second kappa shape index (κ2) is 7.97. The van der Waals surface area contributed by atoms with Crippen molar-refractivity contribution in [3.63, 3.8) is 0 Å². The van der Waals surface area contributed by atoms with E-state index in [1.54, 1.807) is 19.2 Å². The smallest absolute Gasteiger partial charge is 0.165 e. The van der Waals surface area contributed by atoms with Crippen LogP contribution in [0.3, 0.4) is 0 Å². The molecule has 0 aromatic heterocycles. The molecule has 0 radical (unpaired) electrons. The monoisotopic (exact) mass is 270 g/mol. The van der Waals surface area contributed by atoms with Crippen molar-refractivity contribution in [1.29, 1.82) is 0 Å². The highest BCUT2D eigenvalue weighted by atomic mass is 35.5. The lowest BCUT2D eigenvalue weighted by Gasteiger charge is -2.14. The highest BCUT2D eigenvalue weighted by Crippen LogP contribution is 2.20. The van der Waals surface area contributed by atoms with Crippen molar-refractivity contribution in [2.75, 3.05) is 19.6 Å². The standard InChI is InChI=1S/C14H16ClFO2/c1-11(7-9-17-2)18-14-10-12(4-3-8-15)5-6-13(14)16/h5-6,10-11H,7-9H2,1-2H3. The summed E-state index contributed by atoms with van der Waals surface area (Å²) in [4.78, 5) is 0. The third-order valence-electron chi connectivity index (χ3n) is 2.29. The molecule has 0 fully saturated rings. The maximum Gasteiger partial charge on any atom is 0.165 e. The molecule has 0 amide bonds. The molecule has 1 rings (SSSR count). The Labute approximate surface area is 112 Å². The Morgan fingerprint density at radius 2 is 2.22 bits per heavy atom. The number of halogens is 2. The average Bonchev–Trinajstić information content (AvgIpc) is 2.37. The Morgan fingerprint density at radius 3 is 2.89 bits per heavy atom. The van der Waals surface area contributed by atoms with Crippen molar-refractivity contribution >= 4 is 11.6 Å². The highest BCUT2D eigenvalue weighted by Gasteiger charge is 2.09. The van der Waals surface area contributed by atoms with Crippen molar-refractivity contribution in [1.82, 2.24) is 0 Å². The van der Waals surface area contributed by atoms with E-state index < -0.39 is 5.82 Å². The lowest BCUT2D eigenvalue weighted by atomic mass is 10.2. The van der Waals surface area contributed by atoms with Gasteiger partial charge in [0.25, 0.3) is 0 Å². The minimum atomic E-state index is -0.393. The van der Waals surface area contributed by atoms with Gasteiger partial charge in [0.1, 0.15) is 0 Å². The van der Waals surface area contributed by atoms with Gasteiger partial charge in [0, 0.05) is 25.7 Å². The number of ether oxygens (including phenoxy) is 2. The number of alkyl halides is 1. The molecule has 1 aromatic rings. The maximum absolute atomic E-state index is 13.5. The molecule has 18 heavy (non-hydrogen) atoms. The van der Waals surface area contributed by atoms with Gasteiger partial charge in [0.15, 0.2) is 11.6 Å². The minimum Gasteiger partial charge on any atom is -0.488 e. The fourth-order valence-corrected chi connectivity index (χ4v) is 1.43. The molecule has 0 saturated heterocycles. The van der Waals surface area contributed by atoms with Crippen LogP contribution in [0.5, 0.6) is 5.75 Å². The summed E-state index contributed by atoms with van der Waals surface area (Å²) in [5, 5.41) is 0. The van der Waals surface area contributed by atoms with E-state index in [-0.39, 0.29) is 17.7 Å². The van der Waals surface area contributed by atoms with E-state index in [2.05, 4.69) is 11.8 Å². The zero-order valence-electron chi connectivity index (χ0n) is 10.5. The lowest BCUT2D eigenvalue weighted by molar-refractivity contribution is 0.132. The van der Waals surface area contributed by atoms with E-state index in [1.165, 1.54) is 6.07 Å². The molecule has 1 unspecified atom stereocenters. The van der Waals surface area contributed by atoms with Gasteiger partial charge in [-0.15, -0.1) is 11.6 Å². The van der Waals surface area contributed by atoms with Crippen LogP contribution in [0.1, 0.15) is 18.9 Å². The topological polar surface area (TPSA) is 18.5 Å². The molecule has 0 aliphatic heterocycles. The summed E-state index contributed by atoms with van der Waals surface area (Å²) in [5.41, 5.74) is 0.686. The molecule has 0 bridgehead atoms. The van der Waals surface area contributed by atoms with Crippen LogP contribution in [-0.2, 0) is 4.74 Å². The molecule has 0 saturated carbocycles. The molecule has 4 heteroatoms. The fourth-order valence-electron chi connectivity index (χ4n) is 1.37. The van der Waals surface area contributed by atoms with E-state index in [0.29, 0.717) is 18.6 Å². The first kappa shape index (κ1) is 14.8. The summed E-state index contributed by atoms with van der Waals surface area (Å²) < 4.78 is 24.0. The van der Waals surface area contributed by atoms with Gasteiger partial charge in [0.2, 0.25) is 0 Å². The van der Waals surface area contributed by atoms with E-state index >= 15 is 0 Å². The third kappa shape index (κ3) is 4.95. The van der Waals surface area contributed by atoms with Crippen molar-refractivity contribution in [3.8, 4) is 17.6 Å². The van der Waals surface area contributed by atoms with Gasteiger partial charge in [0.05, 0.1) is 12.0 Å². The second-order valence-corrected chi connectivity index (χ2v) is 4.06. The lowest BCUT2D eigenvalue weighted by Crippen LogP contribution is -2.15. The molecule has 0 aliphatic rings. The molecule has 1 aromatic carbocycles. The van der Waals surface area contributed by atoms with Crippen LogP contribution >= 0.6 is 11.6 Å². The van der Waals surface area contributed by atoms with Gasteiger partial charge in [-0.05, 0) is 25.1 Å². The first-order valence-corrected chi connectivity index (χ1v) is 6.20. The number of hydrogen-bond donors (Lipinski definition) is 0. The zero-order valence-corrected chi connectivity index (χ0v) is 11.3. The Balaban J connectivity index is 2.74. The highest BCUT2D eigenvalue weighted by molar-refractivity contribution is 6.19. The predicted octanol–water partition coefficient (Wildman–Crippen LogP) is 3.22. The summed E-state index contributed by atoms with van der Waals surface area (Å²) in [6.45, 7) is 2.45. The molecule has 0 spiro atoms. The van der Waals surface area contributed by atoms with E-state index in [9.17, 15) is 4.39 Å². The van der Waals surface area contributed by atoms with Crippen LogP contribution in [-0.4, -0.2) is 25.7 Å². The first-order valence-electron chi connectivity index (χ1n) is 5.67. The molecule has 0 heterocycles. The molecule has 98 valence electrons. The van der Waals surface area contributed by atoms with Crippen molar-refractivity contribution in [3.05, 3.63) is 29.6 Å². The quantitative estimate of drug-likeness (QED) is 0.604. The Morgan fingerprint density at radius 1 is 1.44 bits per heavy atom. The zero-order chi connectivity index (χ0) is 13.4. The Kier molecular flexibility index (Phi) is 6.56. The van der Waals surface area contributed by atoms with E-state index in [0.717, 1.165) is 0 Å². The maximum atomic E-state index is 13.5. The number of benzene rings is 1. The fraction of sp³-hybridized carbons (Fsp3) is 0.429. The van der Waals surface area contributed by atoms with Gasteiger partial charge in [-0.25, -0.2) is 4.39 Å². The van der Waals surface area contributed by atoms with Gasteiger partial charge >= 0.3 is 0 Å². The van der Waals surface area contributed by atoms with Gasteiger partial charge < -0.3 is 9.47 Å². The summed E-state index contributed by atoms with van der Waals surface area (Å²) in [6.07, 6.45) is 0.587. The SMILES string of the molecule is COCCC(C)Oc1cc(C#CCCl)ccc1F. The number of methoxy groups -OCH3 is 1. The van der Waals surface area contributed by atoms with Crippen LogP contribution in [0.25, 0.3) is 0 Å². The third-order valence-corrected chi connectivity index (χ3v) is 2.42. The average molecular weight is 271 g/mol. The van der Waals surface area contributed by atoms with Crippen molar-refractivity contribution in [2.24, 2.45) is 0 Å². The molecular weight excluding hydrogens is 255 g/mol. The summed E-state index contributed by atoms with van der Waals surface area (Å²) >= 11 is 5.47. The van der Waals surface area contributed by atoms with Crippen molar-refractivity contribution in [2.45, 2.75) is 19.4 Å². The van der Waals surface area contributed by atoms with Crippen LogP contribution in [0.15, 0.2) is 18.2 Å². The Hall–Kier alpha value is -1.24. The van der Waals surface area contributed by atoms with Crippen molar-refractivity contribution < 1.29 is 13.9 Å². The van der Waals surface area contributed by atoms with Crippen LogP contribution in [0.2, 0.25) is 0 Å². The molecule has 0 aliphatic carbocycles. The predicted molar refractivity (Wildman–Crippen MR) is 70.6 cm³/mol. The minimum absolute atomic E-state index is 0.115. The number of hydrogen-bond acceptors (Lipinski definition) is 2. The summed E-state index contributed by atoms with van der Waals surface area (Å²) in [5.74, 6) is 5.60. The van der Waals surface area contributed by atoms with Gasteiger partial charge in [-0.3, -0.25) is 0 Å². The Bertz CT molecular complexity index is 437.